The zero-order valence-corrected chi connectivity index (χ0v) is 11.6. The summed E-state index contributed by atoms with van der Waals surface area (Å²) in [6.45, 7) is 5.75. The molecule has 1 aromatic carbocycles. The number of rotatable bonds is 7. The highest BCUT2D eigenvalue weighted by Crippen LogP contribution is 2.19. The fourth-order valence-corrected chi connectivity index (χ4v) is 2.05. The first-order chi connectivity index (χ1) is 8.74. The highest BCUT2D eigenvalue weighted by atomic mass is 16.5. The molecule has 1 unspecified atom stereocenters. The van der Waals surface area contributed by atoms with Crippen LogP contribution in [0.2, 0.25) is 0 Å². The van der Waals surface area contributed by atoms with Gasteiger partial charge in [0, 0.05) is 20.2 Å². The van der Waals surface area contributed by atoms with Crippen molar-refractivity contribution in [1.29, 1.82) is 0 Å². The Labute approximate surface area is 110 Å². The van der Waals surface area contributed by atoms with E-state index in [-0.39, 0.29) is 5.91 Å². The van der Waals surface area contributed by atoms with Gasteiger partial charge in [-0.2, -0.15) is 0 Å². The Morgan fingerprint density at radius 2 is 1.72 bits per heavy atom. The minimum Gasteiger partial charge on any atom is -0.367 e. The molecular formula is C15H23NO2. The maximum Gasteiger partial charge on any atom is 0.256 e. The van der Waals surface area contributed by atoms with Crippen LogP contribution in [0.15, 0.2) is 30.3 Å². The predicted octanol–water partition coefficient (Wildman–Crippen LogP) is 3.02. The maximum atomic E-state index is 12.5. The summed E-state index contributed by atoms with van der Waals surface area (Å²) >= 11 is 0. The third kappa shape index (κ3) is 3.84. The monoisotopic (exact) mass is 249 g/mol. The lowest BCUT2D eigenvalue weighted by molar-refractivity contribution is -0.142. The molecule has 1 amide bonds. The molecule has 18 heavy (non-hydrogen) atoms. The van der Waals surface area contributed by atoms with E-state index in [1.165, 1.54) is 0 Å². The summed E-state index contributed by atoms with van der Waals surface area (Å²) in [5.41, 5.74) is 0.919. The van der Waals surface area contributed by atoms with E-state index in [0.29, 0.717) is 0 Å². The van der Waals surface area contributed by atoms with E-state index >= 15 is 0 Å². The van der Waals surface area contributed by atoms with E-state index in [2.05, 4.69) is 13.8 Å². The van der Waals surface area contributed by atoms with E-state index in [4.69, 9.17) is 4.74 Å². The topological polar surface area (TPSA) is 29.5 Å². The summed E-state index contributed by atoms with van der Waals surface area (Å²) in [4.78, 5) is 14.3. The number of hydrogen-bond acceptors (Lipinski definition) is 2. The van der Waals surface area contributed by atoms with Gasteiger partial charge in [0.2, 0.25) is 0 Å². The lowest BCUT2D eigenvalue weighted by Crippen LogP contribution is -2.37. The first kappa shape index (κ1) is 14.7. The molecule has 0 aliphatic rings. The third-order valence-corrected chi connectivity index (χ3v) is 2.86. The number of carbonyl (C=O) groups is 1. The Hall–Kier alpha value is -1.35. The van der Waals surface area contributed by atoms with Crippen LogP contribution in [0.5, 0.6) is 0 Å². The van der Waals surface area contributed by atoms with Crippen molar-refractivity contribution in [3.05, 3.63) is 35.9 Å². The molecule has 1 aromatic rings. The largest absolute Gasteiger partial charge is 0.367 e. The first-order valence-corrected chi connectivity index (χ1v) is 6.61. The van der Waals surface area contributed by atoms with Crippen LogP contribution in [0.3, 0.4) is 0 Å². The quantitative estimate of drug-likeness (QED) is 0.743. The molecule has 0 fully saturated rings. The second-order valence-electron chi connectivity index (χ2n) is 4.35. The molecule has 0 heterocycles. The molecule has 0 aromatic heterocycles. The molecule has 1 atom stereocenters. The molecule has 3 nitrogen and oxygen atoms in total. The van der Waals surface area contributed by atoms with Gasteiger partial charge in [-0.1, -0.05) is 44.2 Å². The van der Waals surface area contributed by atoms with E-state index in [1.807, 2.05) is 35.2 Å². The van der Waals surface area contributed by atoms with Gasteiger partial charge in [-0.3, -0.25) is 4.79 Å². The molecule has 0 saturated carbocycles. The van der Waals surface area contributed by atoms with Crippen molar-refractivity contribution in [2.45, 2.75) is 32.8 Å². The zero-order chi connectivity index (χ0) is 13.4. The van der Waals surface area contributed by atoms with Gasteiger partial charge in [-0.05, 0) is 18.4 Å². The average Bonchev–Trinajstić information content (AvgIpc) is 2.40. The number of hydrogen-bond donors (Lipinski definition) is 0. The Bertz CT molecular complexity index is 345. The average molecular weight is 249 g/mol. The minimum atomic E-state index is -0.482. The van der Waals surface area contributed by atoms with Crippen LogP contribution >= 0.6 is 0 Å². The van der Waals surface area contributed by atoms with Gasteiger partial charge in [0.25, 0.3) is 5.91 Å². The maximum absolute atomic E-state index is 12.5. The molecule has 0 spiro atoms. The second kappa shape index (κ2) is 7.88. The molecule has 0 N–H and O–H groups in total. The lowest BCUT2D eigenvalue weighted by Gasteiger charge is -2.26. The van der Waals surface area contributed by atoms with Crippen molar-refractivity contribution >= 4 is 5.91 Å². The van der Waals surface area contributed by atoms with Crippen LogP contribution in [-0.2, 0) is 9.53 Å². The van der Waals surface area contributed by atoms with Crippen LogP contribution in [0, 0.1) is 0 Å². The molecule has 0 aliphatic carbocycles. The van der Waals surface area contributed by atoms with Gasteiger partial charge in [0.05, 0.1) is 0 Å². The van der Waals surface area contributed by atoms with Crippen molar-refractivity contribution in [3.63, 3.8) is 0 Å². The first-order valence-electron chi connectivity index (χ1n) is 6.61. The molecular weight excluding hydrogens is 226 g/mol. The van der Waals surface area contributed by atoms with Crippen molar-refractivity contribution in [3.8, 4) is 0 Å². The van der Waals surface area contributed by atoms with Crippen molar-refractivity contribution in [2.24, 2.45) is 0 Å². The molecule has 0 bridgehead atoms. The Morgan fingerprint density at radius 1 is 1.17 bits per heavy atom. The van der Waals surface area contributed by atoms with Gasteiger partial charge in [-0.25, -0.2) is 0 Å². The second-order valence-corrected chi connectivity index (χ2v) is 4.35. The van der Waals surface area contributed by atoms with E-state index < -0.39 is 6.10 Å². The fraction of sp³-hybridized carbons (Fsp3) is 0.533. The van der Waals surface area contributed by atoms with Crippen molar-refractivity contribution in [1.82, 2.24) is 4.90 Å². The summed E-state index contributed by atoms with van der Waals surface area (Å²) in [7, 11) is 1.59. The highest BCUT2D eigenvalue weighted by molar-refractivity contribution is 5.82. The van der Waals surface area contributed by atoms with E-state index in [1.54, 1.807) is 7.11 Å². The van der Waals surface area contributed by atoms with Crippen LogP contribution in [-0.4, -0.2) is 31.0 Å². The molecule has 0 radical (unpaired) electrons. The van der Waals surface area contributed by atoms with E-state index in [0.717, 1.165) is 31.5 Å². The fourth-order valence-electron chi connectivity index (χ4n) is 2.05. The third-order valence-electron chi connectivity index (χ3n) is 2.86. The molecule has 0 saturated heterocycles. The van der Waals surface area contributed by atoms with Crippen LogP contribution in [0.4, 0.5) is 0 Å². The summed E-state index contributed by atoms with van der Waals surface area (Å²) in [5.74, 6) is 0.0624. The van der Waals surface area contributed by atoms with Gasteiger partial charge in [0.15, 0.2) is 6.10 Å². The lowest BCUT2D eigenvalue weighted by atomic mass is 10.1. The van der Waals surface area contributed by atoms with Gasteiger partial charge < -0.3 is 9.64 Å². The number of ether oxygens (including phenoxy) is 1. The van der Waals surface area contributed by atoms with Crippen LogP contribution < -0.4 is 0 Å². The molecule has 3 heteroatoms. The predicted molar refractivity (Wildman–Crippen MR) is 73.4 cm³/mol. The summed E-state index contributed by atoms with van der Waals surface area (Å²) in [6.07, 6.45) is 1.46. The van der Waals surface area contributed by atoms with Crippen LogP contribution in [0.25, 0.3) is 0 Å². The van der Waals surface area contributed by atoms with E-state index in [9.17, 15) is 4.79 Å². The number of benzene rings is 1. The SMILES string of the molecule is CCCN(CCC)C(=O)C(OC)c1ccccc1. The Balaban J connectivity index is 2.83. The van der Waals surface area contributed by atoms with Crippen molar-refractivity contribution in [2.75, 3.05) is 20.2 Å². The Kier molecular flexibility index (Phi) is 6.44. The highest BCUT2D eigenvalue weighted by Gasteiger charge is 2.24. The zero-order valence-electron chi connectivity index (χ0n) is 11.6. The standard InChI is InChI=1S/C15H23NO2/c1-4-11-16(12-5-2)15(17)14(18-3)13-9-7-6-8-10-13/h6-10,14H,4-5,11-12H2,1-3H3. The summed E-state index contributed by atoms with van der Waals surface area (Å²) < 4.78 is 5.38. The summed E-state index contributed by atoms with van der Waals surface area (Å²) in [6, 6.07) is 9.66. The number of nitrogens with zero attached hydrogens (tertiary/aromatic N) is 1. The number of methoxy groups -OCH3 is 1. The number of carbonyl (C=O) groups excluding carboxylic acids is 1. The molecule has 1 rings (SSSR count). The summed E-state index contributed by atoms with van der Waals surface area (Å²) in [5, 5.41) is 0. The normalized spacial score (nSPS) is 12.2. The van der Waals surface area contributed by atoms with Gasteiger partial charge in [-0.15, -0.1) is 0 Å². The van der Waals surface area contributed by atoms with Crippen LogP contribution in [0.1, 0.15) is 38.4 Å². The molecule has 100 valence electrons. The number of amides is 1. The van der Waals surface area contributed by atoms with Gasteiger partial charge >= 0.3 is 0 Å². The Morgan fingerprint density at radius 3 is 2.17 bits per heavy atom. The smallest absolute Gasteiger partial charge is 0.256 e. The minimum absolute atomic E-state index is 0.0624. The van der Waals surface area contributed by atoms with Gasteiger partial charge in [0.1, 0.15) is 0 Å². The van der Waals surface area contributed by atoms with Crippen molar-refractivity contribution < 1.29 is 9.53 Å². The molecule has 0 aliphatic heterocycles.